The maximum atomic E-state index is 12.2. The Morgan fingerprint density at radius 1 is 1.40 bits per heavy atom. The number of nitrogens with one attached hydrogen (secondary N) is 1. The number of carbonyl (C=O) groups excluding carboxylic acids is 1. The largest absolute Gasteiger partial charge is 0.465 e. The maximum absolute atomic E-state index is 12.2. The first-order valence-corrected chi connectivity index (χ1v) is 7.54. The number of carbonyl (C=O) groups is 1. The van der Waals surface area contributed by atoms with Gasteiger partial charge in [0.05, 0.1) is 17.6 Å². The lowest BCUT2D eigenvalue weighted by Crippen LogP contribution is -2.48. The number of esters is 1. The second-order valence-electron chi connectivity index (χ2n) is 5.16. The molecule has 0 aliphatic carbocycles. The Hall–Kier alpha value is -1.44. The first-order valence-electron chi connectivity index (χ1n) is 6.06. The highest BCUT2D eigenvalue weighted by Gasteiger charge is 2.25. The second-order valence-corrected chi connectivity index (χ2v) is 6.84. The molecule has 1 aromatic rings. The molecule has 0 aliphatic heterocycles. The minimum atomic E-state index is -3.68. The zero-order valence-electron chi connectivity index (χ0n) is 12.1. The van der Waals surface area contributed by atoms with Gasteiger partial charge in [0.2, 0.25) is 10.0 Å². The SMILES string of the molecule is COC(=O)c1ccc(S(=O)(=O)NC(C)(C)CN)cc1C. The highest BCUT2D eigenvalue weighted by atomic mass is 32.2. The number of rotatable bonds is 5. The van der Waals surface area contributed by atoms with E-state index in [9.17, 15) is 13.2 Å². The smallest absolute Gasteiger partial charge is 0.338 e. The highest BCUT2D eigenvalue weighted by molar-refractivity contribution is 7.89. The summed E-state index contributed by atoms with van der Waals surface area (Å²) in [7, 11) is -2.41. The monoisotopic (exact) mass is 300 g/mol. The number of methoxy groups -OCH3 is 1. The van der Waals surface area contributed by atoms with E-state index >= 15 is 0 Å². The van der Waals surface area contributed by atoms with Crippen LogP contribution in [0.5, 0.6) is 0 Å². The summed E-state index contributed by atoms with van der Waals surface area (Å²) in [6.07, 6.45) is 0. The van der Waals surface area contributed by atoms with Crippen molar-refractivity contribution in [2.45, 2.75) is 31.2 Å². The van der Waals surface area contributed by atoms with Crippen LogP contribution in [0.25, 0.3) is 0 Å². The van der Waals surface area contributed by atoms with E-state index < -0.39 is 21.5 Å². The lowest BCUT2D eigenvalue weighted by Gasteiger charge is -2.24. The van der Waals surface area contributed by atoms with Crippen LogP contribution in [0.15, 0.2) is 23.1 Å². The van der Waals surface area contributed by atoms with Gasteiger partial charge in [0.1, 0.15) is 0 Å². The van der Waals surface area contributed by atoms with Gasteiger partial charge in [0.25, 0.3) is 0 Å². The van der Waals surface area contributed by atoms with E-state index in [1.807, 2.05) is 0 Å². The van der Waals surface area contributed by atoms with E-state index in [1.54, 1.807) is 20.8 Å². The Labute approximate surface area is 119 Å². The van der Waals surface area contributed by atoms with Crippen LogP contribution in [0.2, 0.25) is 0 Å². The number of aryl methyl sites for hydroxylation is 1. The molecule has 0 spiro atoms. The van der Waals surface area contributed by atoms with Crippen LogP contribution in [-0.2, 0) is 14.8 Å². The zero-order valence-corrected chi connectivity index (χ0v) is 12.9. The minimum Gasteiger partial charge on any atom is -0.465 e. The normalized spacial score (nSPS) is 12.2. The van der Waals surface area contributed by atoms with Gasteiger partial charge in [-0.1, -0.05) is 0 Å². The van der Waals surface area contributed by atoms with Gasteiger partial charge in [-0.2, -0.15) is 0 Å². The fraction of sp³-hybridized carbons (Fsp3) is 0.462. The third-order valence-electron chi connectivity index (χ3n) is 2.83. The molecule has 0 aliphatic rings. The predicted molar refractivity (Wildman–Crippen MR) is 76.0 cm³/mol. The molecule has 0 aromatic heterocycles. The summed E-state index contributed by atoms with van der Waals surface area (Å²) < 4.78 is 31.6. The summed E-state index contributed by atoms with van der Waals surface area (Å²) >= 11 is 0. The van der Waals surface area contributed by atoms with Crippen LogP contribution < -0.4 is 10.5 Å². The zero-order chi connectivity index (χ0) is 15.6. The molecule has 0 unspecified atom stereocenters. The number of nitrogens with two attached hydrogens (primary N) is 1. The first kappa shape index (κ1) is 16.6. The van der Waals surface area contributed by atoms with Gasteiger partial charge in [-0.05, 0) is 44.5 Å². The third-order valence-corrected chi connectivity index (χ3v) is 4.53. The molecule has 1 aromatic carbocycles. The van der Waals surface area contributed by atoms with Gasteiger partial charge in [-0.15, -0.1) is 0 Å². The van der Waals surface area contributed by atoms with Crippen LogP contribution in [0.1, 0.15) is 29.8 Å². The van der Waals surface area contributed by atoms with Gasteiger partial charge in [0, 0.05) is 12.1 Å². The molecule has 0 saturated heterocycles. The summed E-state index contributed by atoms with van der Waals surface area (Å²) in [5, 5.41) is 0. The fourth-order valence-corrected chi connectivity index (χ4v) is 3.11. The summed E-state index contributed by atoms with van der Waals surface area (Å²) in [5.41, 5.74) is 5.64. The maximum Gasteiger partial charge on any atom is 0.338 e. The van der Waals surface area contributed by atoms with Gasteiger partial charge in [-0.3, -0.25) is 0 Å². The third kappa shape index (κ3) is 3.78. The summed E-state index contributed by atoms with van der Waals surface area (Å²) in [6.45, 7) is 5.21. The van der Waals surface area contributed by atoms with Gasteiger partial charge >= 0.3 is 5.97 Å². The molecule has 0 saturated carbocycles. The van der Waals surface area contributed by atoms with Gasteiger partial charge in [-0.25, -0.2) is 17.9 Å². The molecule has 0 amide bonds. The van der Waals surface area contributed by atoms with E-state index in [-0.39, 0.29) is 11.4 Å². The van der Waals surface area contributed by atoms with E-state index in [0.29, 0.717) is 11.1 Å². The molecule has 0 bridgehead atoms. The molecule has 0 fully saturated rings. The van der Waals surface area contributed by atoms with Gasteiger partial charge < -0.3 is 10.5 Å². The minimum absolute atomic E-state index is 0.0872. The molecule has 0 atom stereocenters. The standard InChI is InChI=1S/C13H20N2O4S/c1-9-7-10(5-6-11(9)12(16)19-4)20(17,18)15-13(2,3)8-14/h5-7,15H,8,14H2,1-4H3. The van der Waals surface area contributed by atoms with Crippen molar-refractivity contribution in [3.63, 3.8) is 0 Å². The number of sulfonamides is 1. The summed E-state index contributed by atoms with van der Waals surface area (Å²) in [6, 6.07) is 4.24. The average molecular weight is 300 g/mol. The summed E-state index contributed by atoms with van der Waals surface area (Å²) in [5.74, 6) is -0.498. The highest BCUT2D eigenvalue weighted by Crippen LogP contribution is 2.18. The van der Waals surface area contributed by atoms with Crippen molar-refractivity contribution in [3.8, 4) is 0 Å². The molecule has 6 nitrogen and oxygen atoms in total. The molecule has 3 N–H and O–H groups in total. The van der Waals surface area contributed by atoms with E-state index in [2.05, 4.69) is 9.46 Å². The fourth-order valence-electron chi connectivity index (χ4n) is 1.61. The molecule has 1 rings (SSSR count). The van der Waals surface area contributed by atoms with Crippen LogP contribution in [0, 0.1) is 6.92 Å². The molecule has 0 radical (unpaired) electrons. The van der Waals surface area contributed by atoms with Crippen LogP contribution in [-0.4, -0.2) is 33.6 Å². The summed E-state index contributed by atoms with van der Waals surface area (Å²) in [4.78, 5) is 11.6. The van der Waals surface area contributed by atoms with Crippen LogP contribution in [0.4, 0.5) is 0 Å². The van der Waals surface area contributed by atoms with Crippen molar-refractivity contribution in [1.29, 1.82) is 0 Å². The Morgan fingerprint density at radius 3 is 2.45 bits per heavy atom. The lowest BCUT2D eigenvalue weighted by atomic mass is 10.1. The first-order chi connectivity index (χ1) is 9.13. The van der Waals surface area contributed by atoms with Crippen molar-refractivity contribution in [3.05, 3.63) is 29.3 Å². The molecular weight excluding hydrogens is 280 g/mol. The predicted octanol–water partition coefficient (Wildman–Crippen LogP) is 0.797. The Balaban J connectivity index is 3.16. The van der Waals surface area contributed by atoms with Crippen molar-refractivity contribution in [1.82, 2.24) is 4.72 Å². The number of benzene rings is 1. The lowest BCUT2D eigenvalue weighted by molar-refractivity contribution is 0.0600. The van der Waals surface area contributed by atoms with E-state index in [4.69, 9.17) is 5.73 Å². The van der Waals surface area contributed by atoms with Crippen LogP contribution >= 0.6 is 0 Å². The Kier molecular flexibility index (Phi) is 4.90. The Morgan fingerprint density at radius 2 is 2.00 bits per heavy atom. The second kappa shape index (κ2) is 5.90. The number of hydrogen-bond acceptors (Lipinski definition) is 5. The molecule has 7 heteroatoms. The van der Waals surface area contributed by atoms with Crippen molar-refractivity contribution >= 4 is 16.0 Å². The number of ether oxygens (including phenoxy) is 1. The van der Waals surface area contributed by atoms with Crippen LogP contribution in [0.3, 0.4) is 0 Å². The topological polar surface area (TPSA) is 98.5 Å². The number of hydrogen-bond donors (Lipinski definition) is 2. The molecule has 0 heterocycles. The molecule has 20 heavy (non-hydrogen) atoms. The van der Waals surface area contributed by atoms with Crippen molar-refractivity contribution < 1.29 is 17.9 Å². The molecular formula is C13H20N2O4S. The van der Waals surface area contributed by atoms with Gasteiger partial charge in [0.15, 0.2) is 0 Å². The van der Waals surface area contributed by atoms with E-state index in [1.165, 1.54) is 25.3 Å². The quantitative estimate of drug-likeness (QED) is 0.784. The van der Waals surface area contributed by atoms with E-state index in [0.717, 1.165) is 0 Å². The molecule has 112 valence electrons. The average Bonchev–Trinajstić information content (AvgIpc) is 2.36. The van der Waals surface area contributed by atoms with Crippen molar-refractivity contribution in [2.24, 2.45) is 5.73 Å². The Bertz CT molecular complexity index is 609. The van der Waals surface area contributed by atoms with Crippen molar-refractivity contribution in [2.75, 3.05) is 13.7 Å².